The quantitative estimate of drug-likeness (QED) is 0.167. The Morgan fingerprint density at radius 2 is 1.43 bits per heavy atom. The molecule has 0 aliphatic carbocycles. The molecule has 0 fully saturated rings. The average Bonchev–Trinajstić information content (AvgIpc) is 3.02. The zero-order chi connectivity index (χ0) is 19.3. The number of ether oxygens (including phenoxy) is 1. The van der Waals surface area contributed by atoms with E-state index in [1.54, 1.807) is 11.3 Å². The van der Waals surface area contributed by atoms with Crippen LogP contribution in [0.5, 0.6) is 5.75 Å². The van der Waals surface area contributed by atoms with Crippen LogP contribution in [0.3, 0.4) is 0 Å². The lowest BCUT2D eigenvalue weighted by Crippen LogP contribution is -1.97. The number of aryl methyl sites for hydroxylation is 1. The molecule has 1 heterocycles. The van der Waals surface area contributed by atoms with Crippen LogP contribution in [0.2, 0.25) is 0 Å². The average molecular weight is 518 g/mol. The third-order valence-electron chi connectivity index (χ3n) is 5.01. The smallest absolute Gasteiger partial charge is 0.119 e. The van der Waals surface area contributed by atoms with Crippen molar-refractivity contribution in [2.45, 2.75) is 32.1 Å². The second-order valence-electron chi connectivity index (χ2n) is 7.07. The van der Waals surface area contributed by atoms with E-state index in [1.165, 1.54) is 53.9 Å². The lowest BCUT2D eigenvalue weighted by atomic mass is 10.0. The van der Waals surface area contributed by atoms with Crippen LogP contribution in [0.4, 0.5) is 0 Å². The van der Waals surface area contributed by atoms with E-state index < -0.39 is 0 Å². The summed E-state index contributed by atoms with van der Waals surface area (Å²) in [6, 6.07) is 21.6. The standard InChI is InChI=1S/C24H22Br2OS/c25-23-16-20(24(26)28-23)9-3-1-2-6-12-27-22-11-10-19-13-17-7-4-5-8-18(17)14-21(19)15-22/h4-5,7-8,10-11,13-16H,1-3,6,9,12H2. The molecule has 0 unspecified atom stereocenters. The number of unbranched alkanes of at least 4 members (excludes halogenated alkanes) is 3. The number of hydrogen-bond donors (Lipinski definition) is 0. The molecular weight excluding hydrogens is 496 g/mol. The van der Waals surface area contributed by atoms with Crippen molar-refractivity contribution in [3.05, 3.63) is 73.8 Å². The molecule has 4 aromatic rings. The fourth-order valence-electron chi connectivity index (χ4n) is 3.51. The third kappa shape index (κ3) is 4.97. The van der Waals surface area contributed by atoms with Crippen LogP contribution in [-0.2, 0) is 6.42 Å². The molecule has 3 aromatic carbocycles. The van der Waals surface area contributed by atoms with Gasteiger partial charge in [-0.1, -0.05) is 43.2 Å². The summed E-state index contributed by atoms with van der Waals surface area (Å²) in [5.41, 5.74) is 1.41. The first-order chi connectivity index (χ1) is 13.7. The lowest BCUT2D eigenvalue weighted by molar-refractivity contribution is 0.305. The molecule has 0 saturated carbocycles. The van der Waals surface area contributed by atoms with Gasteiger partial charge in [0.05, 0.1) is 14.2 Å². The molecule has 4 heteroatoms. The van der Waals surface area contributed by atoms with Crippen molar-refractivity contribution < 1.29 is 4.74 Å². The van der Waals surface area contributed by atoms with Gasteiger partial charge >= 0.3 is 0 Å². The zero-order valence-corrected chi connectivity index (χ0v) is 19.6. The normalized spacial score (nSPS) is 11.4. The molecule has 1 aromatic heterocycles. The highest BCUT2D eigenvalue weighted by atomic mass is 79.9. The second kappa shape index (κ2) is 9.43. The highest BCUT2D eigenvalue weighted by Crippen LogP contribution is 2.33. The summed E-state index contributed by atoms with van der Waals surface area (Å²) in [5.74, 6) is 0.967. The molecule has 0 aliphatic heterocycles. The van der Waals surface area contributed by atoms with Crippen LogP contribution in [0.1, 0.15) is 31.2 Å². The van der Waals surface area contributed by atoms with Crippen LogP contribution >= 0.6 is 43.2 Å². The van der Waals surface area contributed by atoms with Gasteiger partial charge in [-0.2, -0.15) is 0 Å². The van der Waals surface area contributed by atoms with Crippen molar-refractivity contribution in [2.75, 3.05) is 6.61 Å². The molecule has 144 valence electrons. The number of halogens is 2. The molecule has 28 heavy (non-hydrogen) atoms. The van der Waals surface area contributed by atoms with Gasteiger partial charge in [-0.25, -0.2) is 0 Å². The van der Waals surface area contributed by atoms with Crippen molar-refractivity contribution in [3.8, 4) is 5.75 Å². The van der Waals surface area contributed by atoms with Gasteiger partial charge in [0.25, 0.3) is 0 Å². The minimum atomic E-state index is 0.785. The first kappa shape index (κ1) is 19.9. The predicted molar refractivity (Wildman–Crippen MR) is 129 cm³/mol. The van der Waals surface area contributed by atoms with E-state index in [0.717, 1.165) is 25.2 Å². The summed E-state index contributed by atoms with van der Waals surface area (Å²) in [6.45, 7) is 0.785. The number of thiophene rings is 1. The number of rotatable bonds is 8. The molecule has 0 bridgehead atoms. The van der Waals surface area contributed by atoms with E-state index in [4.69, 9.17) is 4.74 Å². The summed E-state index contributed by atoms with van der Waals surface area (Å²) in [7, 11) is 0. The molecule has 1 nitrogen and oxygen atoms in total. The summed E-state index contributed by atoms with van der Waals surface area (Å²) in [6.07, 6.45) is 5.92. The van der Waals surface area contributed by atoms with Crippen molar-refractivity contribution in [2.24, 2.45) is 0 Å². The van der Waals surface area contributed by atoms with Gasteiger partial charge < -0.3 is 4.74 Å². The first-order valence-electron chi connectivity index (χ1n) is 9.68. The van der Waals surface area contributed by atoms with Gasteiger partial charge in [0, 0.05) is 0 Å². The second-order valence-corrected chi connectivity index (χ2v) is 10.8. The van der Waals surface area contributed by atoms with Gasteiger partial charge in [0.1, 0.15) is 5.75 Å². The van der Waals surface area contributed by atoms with Crippen molar-refractivity contribution in [3.63, 3.8) is 0 Å². The zero-order valence-electron chi connectivity index (χ0n) is 15.6. The highest BCUT2D eigenvalue weighted by molar-refractivity contribution is 9.12. The first-order valence-corrected chi connectivity index (χ1v) is 12.1. The SMILES string of the molecule is Brc1cc(CCCCCCOc2ccc3cc4ccccc4cc3c2)c(Br)s1. The maximum atomic E-state index is 6.00. The summed E-state index contributed by atoms with van der Waals surface area (Å²) in [4.78, 5) is 0. The van der Waals surface area contributed by atoms with Crippen LogP contribution in [0.15, 0.2) is 68.2 Å². The van der Waals surface area contributed by atoms with Gasteiger partial charge in [-0.3, -0.25) is 0 Å². The third-order valence-corrected chi connectivity index (χ3v) is 7.48. The van der Waals surface area contributed by atoms with Crippen molar-refractivity contribution >= 4 is 64.7 Å². The Bertz CT molecular complexity index is 1090. The molecule has 0 amide bonds. The summed E-state index contributed by atoms with van der Waals surface area (Å²) in [5, 5.41) is 5.06. The van der Waals surface area contributed by atoms with Gasteiger partial charge in [-0.05, 0) is 109 Å². The molecule has 0 atom stereocenters. The van der Waals surface area contributed by atoms with Gasteiger partial charge in [0.15, 0.2) is 0 Å². The summed E-state index contributed by atoms with van der Waals surface area (Å²) < 4.78 is 8.46. The Morgan fingerprint density at radius 1 is 0.714 bits per heavy atom. The number of benzene rings is 3. The van der Waals surface area contributed by atoms with E-state index in [1.807, 2.05) is 0 Å². The van der Waals surface area contributed by atoms with E-state index in [9.17, 15) is 0 Å². The largest absolute Gasteiger partial charge is 0.494 e. The number of hydrogen-bond acceptors (Lipinski definition) is 2. The van der Waals surface area contributed by atoms with E-state index in [2.05, 4.69) is 92.5 Å². The molecule has 0 N–H and O–H groups in total. The molecule has 4 rings (SSSR count). The molecule has 0 radical (unpaired) electrons. The Balaban J connectivity index is 1.24. The van der Waals surface area contributed by atoms with Crippen LogP contribution in [-0.4, -0.2) is 6.61 Å². The van der Waals surface area contributed by atoms with Crippen molar-refractivity contribution in [1.29, 1.82) is 0 Å². The molecule has 0 aliphatic rings. The number of fused-ring (bicyclic) bond motifs is 2. The maximum absolute atomic E-state index is 6.00. The Hall–Kier alpha value is -1.36. The monoisotopic (exact) mass is 516 g/mol. The fraction of sp³-hybridized carbons (Fsp3) is 0.250. The van der Waals surface area contributed by atoms with Crippen molar-refractivity contribution in [1.82, 2.24) is 0 Å². The van der Waals surface area contributed by atoms with Gasteiger partial charge in [0.2, 0.25) is 0 Å². The summed E-state index contributed by atoms with van der Waals surface area (Å²) >= 11 is 8.94. The van der Waals surface area contributed by atoms with Crippen LogP contribution in [0, 0.1) is 0 Å². The lowest BCUT2D eigenvalue weighted by Gasteiger charge is -2.08. The maximum Gasteiger partial charge on any atom is 0.119 e. The molecular formula is C24H22Br2OS. The highest BCUT2D eigenvalue weighted by Gasteiger charge is 2.05. The van der Waals surface area contributed by atoms with Crippen LogP contribution < -0.4 is 4.74 Å². The van der Waals surface area contributed by atoms with Crippen LogP contribution in [0.25, 0.3) is 21.5 Å². The minimum Gasteiger partial charge on any atom is -0.494 e. The Morgan fingerprint density at radius 3 is 2.18 bits per heavy atom. The fourth-order valence-corrected chi connectivity index (χ4v) is 6.43. The van der Waals surface area contributed by atoms with E-state index in [-0.39, 0.29) is 0 Å². The minimum absolute atomic E-state index is 0.785. The Labute approximate surface area is 187 Å². The van der Waals surface area contributed by atoms with Gasteiger partial charge in [-0.15, -0.1) is 11.3 Å². The molecule has 0 spiro atoms. The van der Waals surface area contributed by atoms with E-state index >= 15 is 0 Å². The predicted octanol–water partition coefficient (Wildman–Crippen LogP) is 8.76. The topological polar surface area (TPSA) is 9.23 Å². The Kier molecular flexibility index (Phi) is 6.71. The van der Waals surface area contributed by atoms with E-state index in [0.29, 0.717) is 0 Å². The molecule has 0 saturated heterocycles.